The minimum atomic E-state index is -0.265. The van der Waals surface area contributed by atoms with Gasteiger partial charge in [0.25, 0.3) is 5.91 Å². The van der Waals surface area contributed by atoms with E-state index in [1.165, 1.54) is 19.3 Å². The molecule has 1 amide bonds. The number of nitrogens with zero attached hydrogens (tertiary/aromatic N) is 1. The van der Waals surface area contributed by atoms with Crippen molar-refractivity contribution in [3.05, 3.63) is 71.8 Å². The number of unbranched alkanes of at least 4 members (excludes halogenated alkanes) is 3. The summed E-state index contributed by atoms with van der Waals surface area (Å²) in [6.45, 7) is 5.70. The lowest BCUT2D eigenvalue weighted by Crippen LogP contribution is -2.43. The second kappa shape index (κ2) is 9.86. The summed E-state index contributed by atoms with van der Waals surface area (Å²) in [5.41, 5.74) is 2.66. The number of fused-ring (bicyclic) bond motifs is 2. The van der Waals surface area contributed by atoms with Crippen LogP contribution in [0, 0.1) is 0 Å². The molecule has 1 unspecified atom stereocenters. The van der Waals surface area contributed by atoms with Gasteiger partial charge in [-0.25, -0.2) is 0 Å². The Balaban J connectivity index is 1.76. The molecule has 0 aliphatic carbocycles. The summed E-state index contributed by atoms with van der Waals surface area (Å²) < 4.78 is 6.32. The average Bonchev–Trinajstić information content (AvgIpc) is 2.80. The second-order valence-electron chi connectivity index (χ2n) is 8.20. The van der Waals surface area contributed by atoms with Crippen LogP contribution in [0.5, 0.6) is 5.75 Å². The SMILES string of the molecule is CCCCCCOc1ccc2ccccc2c1C1Nc2ccccc2C(=O)N1CCC. The Morgan fingerprint density at radius 1 is 0.903 bits per heavy atom. The number of carbonyl (C=O) groups excluding carboxylic acids is 1. The molecule has 4 heteroatoms. The predicted octanol–water partition coefficient (Wildman–Crippen LogP) is 6.78. The van der Waals surface area contributed by atoms with Crippen LogP contribution in [0.15, 0.2) is 60.7 Å². The largest absolute Gasteiger partial charge is 0.493 e. The van der Waals surface area contributed by atoms with Gasteiger partial charge in [-0.15, -0.1) is 0 Å². The number of amides is 1. The molecular weight excluding hydrogens is 384 g/mol. The fourth-order valence-electron chi connectivity index (χ4n) is 4.39. The molecule has 3 aromatic rings. The predicted molar refractivity (Wildman–Crippen MR) is 128 cm³/mol. The Morgan fingerprint density at radius 2 is 1.71 bits per heavy atom. The number of benzene rings is 3. The molecule has 0 spiro atoms. The molecule has 0 bridgehead atoms. The lowest BCUT2D eigenvalue weighted by atomic mass is 9.97. The third kappa shape index (κ3) is 4.39. The topological polar surface area (TPSA) is 41.6 Å². The standard InChI is InChI=1S/C27H32N2O2/c1-3-5-6-11-19-31-24-17-16-20-12-7-8-13-21(20)25(24)26-28-23-15-10-9-14-22(23)27(30)29(26)18-4-2/h7-10,12-17,26,28H,3-6,11,18-19H2,1-2H3. The van der Waals surface area contributed by atoms with Crippen molar-refractivity contribution in [2.24, 2.45) is 0 Å². The van der Waals surface area contributed by atoms with E-state index < -0.39 is 0 Å². The van der Waals surface area contributed by atoms with Crippen LogP contribution >= 0.6 is 0 Å². The number of anilines is 1. The Morgan fingerprint density at radius 3 is 2.55 bits per heavy atom. The van der Waals surface area contributed by atoms with Crippen molar-refractivity contribution in [1.29, 1.82) is 0 Å². The molecule has 1 heterocycles. The zero-order valence-corrected chi connectivity index (χ0v) is 18.6. The summed E-state index contributed by atoms with van der Waals surface area (Å²) in [6.07, 6.45) is 5.28. The maximum Gasteiger partial charge on any atom is 0.257 e. The van der Waals surface area contributed by atoms with Crippen molar-refractivity contribution >= 4 is 22.4 Å². The van der Waals surface area contributed by atoms with Crippen LogP contribution in [0.25, 0.3) is 10.8 Å². The van der Waals surface area contributed by atoms with Crippen LogP contribution in [0.4, 0.5) is 5.69 Å². The molecule has 4 rings (SSSR count). The summed E-state index contributed by atoms with van der Waals surface area (Å²) in [5, 5.41) is 5.92. The van der Waals surface area contributed by atoms with Crippen LogP contribution in [0.3, 0.4) is 0 Å². The Hall–Kier alpha value is -3.01. The van der Waals surface area contributed by atoms with Gasteiger partial charge in [0.2, 0.25) is 0 Å². The first kappa shape index (κ1) is 21.2. The summed E-state index contributed by atoms with van der Waals surface area (Å²) in [7, 11) is 0. The van der Waals surface area contributed by atoms with E-state index in [1.807, 2.05) is 29.2 Å². The van der Waals surface area contributed by atoms with Gasteiger partial charge >= 0.3 is 0 Å². The van der Waals surface area contributed by atoms with E-state index in [4.69, 9.17) is 4.74 Å². The number of rotatable bonds is 9. The third-order valence-corrected chi connectivity index (χ3v) is 5.95. The highest BCUT2D eigenvalue weighted by Gasteiger charge is 2.34. The van der Waals surface area contributed by atoms with E-state index in [2.05, 4.69) is 55.6 Å². The lowest BCUT2D eigenvalue weighted by molar-refractivity contribution is 0.0682. The smallest absolute Gasteiger partial charge is 0.257 e. The van der Waals surface area contributed by atoms with Crippen molar-refractivity contribution in [1.82, 2.24) is 4.90 Å². The number of ether oxygens (including phenoxy) is 1. The molecule has 162 valence electrons. The molecule has 3 aromatic carbocycles. The summed E-state index contributed by atoms with van der Waals surface area (Å²) in [6, 6.07) is 20.3. The third-order valence-electron chi connectivity index (χ3n) is 5.95. The van der Waals surface area contributed by atoms with E-state index in [1.54, 1.807) is 0 Å². The van der Waals surface area contributed by atoms with Crippen molar-refractivity contribution in [3.8, 4) is 5.75 Å². The van der Waals surface area contributed by atoms with Crippen molar-refractivity contribution in [2.45, 2.75) is 52.1 Å². The molecule has 0 fully saturated rings. The van der Waals surface area contributed by atoms with E-state index in [9.17, 15) is 4.79 Å². The molecular formula is C27H32N2O2. The summed E-state index contributed by atoms with van der Waals surface area (Å²) in [4.78, 5) is 15.4. The highest BCUT2D eigenvalue weighted by atomic mass is 16.5. The number of nitrogens with one attached hydrogen (secondary N) is 1. The quantitative estimate of drug-likeness (QED) is 0.391. The molecule has 0 aromatic heterocycles. The maximum absolute atomic E-state index is 13.4. The monoisotopic (exact) mass is 416 g/mol. The molecule has 1 N–H and O–H groups in total. The van der Waals surface area contributed by atoms with E-state index in [0.717, 1.165) is 46.2 Å². The van der Waals surface area contributed by atoms with E-state index in [-0.39, 0.29) is 12.1 Å². The first-order valence-corrected chi connectivity index (χ1v) is 11.6. The number of para-hydroxylation sites is 1. The normalized spacial score (nSPS) is 15.6. The fraction of sp³-hybridized carbons (Fsp3) is 0.370. The Kier molecular flexibility index (Phi) is 6.76. The second-order valence-corrected chi connectivity index (χ2v) is 8.20. The van der Waals surface area contributed by atoms with Gasteiger partial charge in [-0.1, -0.05) is 75.6 Å². The van der Waals surface area contributed by atoms with Crippen LogP contribution < -0.4 is 10.1 Å². The van der Waals surface area contributed by atoms with E-state index in [0.29, 0.717) is 13.2 Å². The van der Waals surface area contributed by atoms with Crippen molar-refractivity contribution in [3.63, 3.8) is 0 Å². The zero-order valence-electron chi connectivity index (χ0n) is 18.6. The molecule has 1 aliphatic rings. The Labute approximate surface area is 185 Å². The van der Waals surface area contributed by atoms with Gasteiger partial charge in [0, 0.05) is 17.8 Å². The average molecular weight is 417 g/mol. The molecule has 0 radical (unpaired) electrons. The maximum atomic E-state index is 13.4. The minimum absolute atomic E-state index is 0.0722. The fourth-order valence-corrected chi connectivity index (χ4v) is 4.39. The first-order valence-electron chi connectivity index (χ1n) is 11.6. The van der Waals surface area contributed by atoms with Crippen molar-refractivity contribution in [2.75, 3.05) is 18.5 Å². The lowest BCUT2D eigenvalue weighted by Gasteiger charge is -2.39. The van der Waals surface area contributed by atoms with Crippen LogP contribution in [-0.4, -0.2) is 24.0 Å². The summed E-state index contributed by atoms with van der Waals surface area (Å²) in [5.74, 6) is 0.934. The number of carbonyl (C=O) groups is 1. The molecule has 1 atom stereocenters. The Bertz CT molecular complexity index is 1050. The van der Waals surface area contributed by atoms with Gasteiger partial charge in [-0.2, -0.15) is 0 Å². The highest BCUT2D eigenvalue weighted by molar-refractivity contribution is 6.02. The number of hydrogen-bond donors (Lipinski definition) is 1. The molecule has 0 saturated carbocycles. The van der Waals surface area contributed by atoms with Crippen molar-refractivity contribution < 1.29 is 9.53 Å². The first-order chi connectivity index (χ1) is 15.2. The molecule has 4 nitrogen and oxygen atoms in total. The van der Waals surface area contributed by atoms with Gasteiger partial charge < -0.3 is 15.0 Å². The van der Waals surface area contributed by atoms with Crippen LogP contribution in [0.1, 0.15) is 68.0 Å². The van der Waals surface area contributed by atoms with Gasteiger partial charge in [-0.05, 0) is 41.8 Å². The van der Waals surface area contributed by atoms with Crippen LogP contribution in [-0.2, 0) is 0 Å². The number of hydrogen-bond acceptors (Lipinski definition) is 3. The van der Waals surface area contributed by atoms with Gasteiger partial charge in [0.15, 0.2) is 0 Å². The van der Waals surface area contributed by atoms with Gasteiger partial charge in [0.05, 0.1) is 12.2 Å². The van der Waals surface area contributed by atoms with Gasteiger partial charge in [-0.3, -0.25) is 4.79 Å². The molecule has 1 aliphatic heterocycles. The van der Waals surface area contributed by atoms with Crippen LogP contribution in [0.2, 0.25) is 0 Å². The minimum Gasteiger partial charge on any atom is -0.493 e. The molecule has 0 saturated heterocycles. The zero-order chi connectivity index (χ0) is 21.6. The molecule has 31 heavy (non-hydrogen) atoms. The summed E-state index contributed by atoms with van der Waals surface area (Å²) >= 11 is 0. The highest BCUT2D eigenvalue weighted by Crippen LogP contribution is 2.40. The van der Waals surface area contributed by atoms with E-state index >= 15 is 0 Å². The van der Waals surface area contributed by atoms with Gasteiger partial charge in [0.1, 0.15) is 11.9 Å².